The first-order valence-electron chi connectivity index (χ1n) is 7.80. The Morgan fingerprint density at radius 3 is 1.19 bits per heavy atom. The van der Waals surface area contributed by atoms with Gasteiger partial charge < -0.3 is 11.5 Å². The maximum absolute atomic E-state index is 14.7. The van der Waals surface area contributed by atoms with Crippen LogP contribution in [-0.2, 0) is 5.41 Å². The summed E-state index contributed by atoms with van der Waals surface area (Å²) in [7, 11) is 0. The molecule has 6 heteroatoms. The first-order chi connectivity index (χ1) is 12.2. The van der Waals surface area contributed by atoms with Crippen LogP contribution in [0, 0.1) is 0 Å². The Morgan fingerprint density at radius 2 is 0.885 bits per heavy atom. The Hall–Kier alpha value is -2.47. The first-order valence-corrected chi connectivity index (χ1v) is 8.59. The second-order valence-corrected chi connectivity index (χ2v) is 6.91. The van der Waals surface area contributed by atoms with E-state index in [1.807, 2.05) is 0 Å². The fourth-order valence-electron chi connectivity index (χ4n) is 3.16. The number of halogens is 4. The van der Waals surface area contributed by atoms with Gasteiger partial charge in [-0.15, -0.1) is 0 Å². The number of rotatable bonds is 3. The average Bonchev–Trinajstić information content (AvgIpc) is 2.59. The van der Waals surface area contributed by atoms with Crippen LogP contribution in [0.25, 0.3) is 0 Å². The number of nitrogen functional groups attached to an aromatic ring is 2. The van der Waals surface area contributed by atoms with Gasteiger partial charge in [0.2, 0.25) is 0 Å². The highest BCUT2D eigenvalue weighted by molar-refractivity contribution is 9.10. The lowest BCUT2D eigenvalue weighted by atomic mass is 9.68. The number of alkyl halides is 3. The predicted molar refractivity (Wildman–Crippen MR) is 102 cm³/mol. The Kier molecular flexibility index (Phi) is 4.71. The minimum Gasteiger partial charge on any atom is -0.399 e. The molecular weight excluding hydrogens is 405 g/mol. The van der Waals surface area contributed by atoms with Crippen LogP contribution in [0.1, 0.15) is 16.7 Å². The zero-order valence-electron chi connectivity index (χ0n) is 13.6. The lowest BCUT2D eigenvalue weighted by Crippen LogP contribution is -2.44. The number of hydrogen-bond donors (Lipinski definition) is 2. The molecule has 0 aliphatic heterocycles. The Balaban J connectivity index is 2.40. The van der Waals surface area contributed by atoms with Crippen molar-refractivity contribution in [1.29, 1.82) is 0 Å². The topological polar surface area (TPSA) is 52.0 Å². The monoisotopic (exact) mass is 420 g/mol. The Bertz CT molecular complexity index is 775. The van der Waals surface area contributed by atoms with Crippen LogP contribution in [0.3, 0.4) is 0 Å². The molecule has 0 fully saturated rings. The molecule has 0 saturated carbocycles. The van der Waals surface area contributed by atoms with Gasteiger partial charge in [-0.05, 0) is 53.1 Å². The second kappa shape index (κ2) is 6.68. The van der Waals surface area contributed by atoms with Crippen LogP contribution < -0.4 is 11.5 Å². The van der Waals surface area contributed by atoms with Gasteiger partial charge in [-0.3, -0.25) is 0 Å². The molecule has 0 aliphatic rings. The van der Waals surface area contributed by atoms with Crippen LogP contribution in [0.5, 0.6) is 0 Å². The van der Waals surface area contributed by atoms with Crippen LogP contribution in [-0.4, -0.2) is 6.18 Å². The van der Waals surface area contributed by atoms with Crippen LogP contribution >= 0.6 is 15.9 Å². The zero-order valence-corrected chi connectivity index (χ0v) is 15.2. The summed E-state index contributed by atoms with van der Waals surface area (Å²) in [5.41, 5.74) is 10.1. The summed E-state index contributed by atoms with van der Waals surface area (Å²) in [4.78, 5) is 0. The molecule has 0 bridgehead atoms. The van der Waals surface area contributed by atoms with Gasteiger partial charge in [-0.2, -0.15) is 13.2 Å². The fraction of sp³-hybridized carbons (Fsp3) is 0.100. The van der Waals surface area contributed by atoms with Gasteiger partial charge in [0.25, 0.3) is 0 Å². The quantitative estimate of drug-likeness (QED) is 0.433. The molecule has 3 aromatic carbocycles. The summed E-state index contributed by atoms with van der Waals surface area (Å²) in [6.45, 7) is 0. The molecule has 0 unspecified atom stereocenters. The minimum atomic E-state index is -4.59. The van der Waals surface area contributed by atoms with E-state index in [0.717, 1.165) is 0 Å². The maximum Gasteiger partial charge on any atom is 0.406 e. The van der Waals surface area contributed by atoms with Gasteiger partial charge in [0, 0.05) is 15.8 Å². The molecular formula is C20H16BrF3N2. The van der Waals surface area contributed by atoms with E-state index in [1.54, 1.807) is 12.1 Å². The summed E-state index contributed by atoms with van der Waals surface area (Å²) >= 11 is 3.28. The molecule has 134 valence electrons. The van der Waals surface area contributed by atoms with E-state index in [9.17, 15) is 13.2 Å². The van der Waals surface area contributed by atoms with Crippen molar-refractivity contribution in [2.24, 2.45) is 0 Å². The lowest BCUT2D eigenvalue weighted by molar-refractivity contribution is -0.166. The van der Waals surface area contributed by atoms with Gasteiger partial charge in [-0.1, -0.05) is 52.3 Å². The molecule has 0 aliphatic carbocycles. The highest BCUT2D eigenvalue weighted by Crippen LogP contribution is 2.51. The van der Waals surface area contributed by atoms with Gasteiger partial charge >= 0.3 is 6.18 Å². The molecule has 2 nitrogen and oxygen atoms in total. The molecule has 0 heterocycles. The van der Waals surface area contributed by atoms with E-state index < -0.39 is 11.6 Å². The van der Waals surface area contributed by atoms with Crippen LogP contribution in [0.4, 0.5) is 24.5 Å². The van der Waals surface area contributed by atoms with Gasteiger partial charge in [0.15, 0.2) is 0 Å². The summed E-state index contributed by atoms with van der Waals surface area (Å²) in [5, 5.41) is 0. The van der Waals surface area contributed by atoms with E-state index in [-0.39, 0.29) is 16.7 Å². The van der Waals surface area contributed by atoms with Gasteiger partial charge in [0.05, 0.1) is 0 Å². The molecule has 0 spiro atoms. The summed E-state index contributed by atoms with van der Waals surface area (Å²) < 4.78 is 44.7. The van der Waals surface area contributed by atoms with E-state index >= 15 is 0 Å². The molecule has 3 aromatic rings. The minimum absolute atomic E-state index is 0.0892. The van der Waals surface area contributed by atoms with Crippen molar-refractivity contribution in [1.82, 2.24) is 0 Å². The number of hydrogen-bond acceptors (Lipinski definition) is 2. The van der Waals surface area contributed by atoms with Crippen molar-refractivity contribution in [2.75, 3.05) is 11.5 Å². The lowest BCUT2D eigenvalue weighted by Gasteiger charge is -2.37. The highest BCUT2D eigenvalue weighted by Gasteiger charge is 2.58. The molecule has 26 heavy (non-hydrogen) atoms. The Labute approximate surface area is 157 Å². The van der Waals surface area contributed by atoms with E-state index in [1.165, 1.54) is 60.7 Å². The molecule has 0 atom stereocenters. The third-order valence-corrected chi connectivity index (χ3v) is 4.92. The summed E-state index contributed by atoms with van der Waals surface area (Å²) in [6.07, 6.45) is -4.59. The predicted octanol–water partition coefficient (Wildman–Crippen LogP) is 5.51. The smallest absolute Gasteiger partial charge is 0.399 e. The van der Waals surface area contributed by atoms with Crippen molar-refractivity contribution in [2.45, 2.75) is 11.6 Å². The normalized spacial score (nSPS) is 12.2. The van der Waals surface area contributed by atoms with Crippen LogP contribution in [0.15, 0.2) is 77.3 Å². The molecule has 0 saturated heterocycles. The summed E-state index contributed by atoms with van der Waals surface area (Å²) in [5.74, 6) is 0. The molecule has 0 aromatic heterocycles. The largest absolute Gasteiger partial charge is 0.406 e. The number of benzene rings is 3. The van der Waals surface area contributed by atoms with Gasteiger partial charge in [-0.25, -0.2) is 0 Å². The second-order valence-electron chi connectivity index (χ2n) is 6.00. The van der Waals surface area contributed by atoms with Crippen molar-refractivity contribution >= 4 is 27.3 Å². The standard InChI is InChI=1S/C20H16BrF3N2/c21-16-7-1-13(2-8-16)19(20(22,23)24,14-3-9-17(25)10-4-14)15-5-11-18(26)12-6-15/h1-12H,25-26H2. The highest BCUT2D eigenvalue weighted by atomic mass is 79.9. The fourth-order valence-corrected chi connectivity index (χ4v) is 3.42. The van der Waals surface area contributed by atoms with Crippen LogP contribution in [0.2, 0.25) is 0 Å². The SMILES string of the molecule is Nc1ccc(C(c2ccc(N)cc2)(c2ccc(Br)cc2)C(F)(F)F)cc1. The molecule has 0 amide bonds. The van der Waals surface area contributed by atoms with Crippen molar-refractivity contribution in [3.05, 3.63) is 94.0 Å². The summed E-state index contributed by atoms with van der Waals surface area (Å²) in [6, 6.07) is 17.7. The Morgan fingerprint density at radius 1 is 0.577 bits per heavy atom. The molecule has 0 radical (unpaired) electrons. The molecule has 4 N–H and O–H groups in total. The van der Waals surface area contributed by atoms with Crippen molar-refractivity contribution in [3.8, 4) is 0 Å². The van der Waals surface area contributed by atoms with Crippen molar-refractivity contribution < 1.29 is 13.2 Å². The third kappa shape index (κ3) is 3.05. The average molecular weight is 421 g/mol. The number of anilines is 2. The third-order valence-electron chi connectivity index (χ3n) is 4.39. The van der Waals surface area contributed by atoms with E-state index in [4.69, 9.17) is 11.5 Å². The molecule has 3 rings (SSSR count). The van der Waals surface area contributed by atoms with E-state index in [0.29, 0.717) is 15.8 Å². The van der Waals surface area contributed by atoms with Crippen molar-refractivity contribution in [3.63, 3.8) is 0 Å². The maximum atomic E-state index is 14.7. The first kappa shape index (κ1) is 18.3. The van der Waals surface area contributed by atoms with E-state index in [2.05, 4.69) is 15.9 Å². The zero-order chi connectivity index (χ0) is 18.9. The number of nitrogens with two attached hydrogens (primary N) is 2. The van der Waals surface area contributed by atoms with Gasteiger partial charge in [0.1, 0.15) is 5.41 Å².